The molecule has 90 valence electrons. The van der Waals surface area contributed by atoms with Crippen molar-refractivity contribution in [1.82, 2.24) is 4.98 Å². The molecular formula is C11H13N3OS2. The first kappa shape index (κ1) is 11.1. The minimum atomic E-state index is 0.120. The third-order valence-electron chi connectivity index (χ3n) is 3.04. The van der Waals surface area contributed by atoms with Gasteiger partial charge >= 0.3 is 0 Å². The molecule has 6 heteroatoms. The lowest BCUT2D eigenvalue weighted by molar-refractivity contribution is 0.501. The first-order chi connectivity index (χ1) is 8.24. The molecule has 3 rings (SSSR count). The van der Waals surface area contributed by atoms with Crippen LogP contribution in [0.3, 0.4) is 0 Å². The van der Waals surface area contributed by atoms with Gasteiger partial charge in [-0.3, -0.25) is 4.79 Å². The molecule has 0 aliphatic carbocycles. The summed E-state index contributed by atoms with van der Waals surface area (Å²) in [6.07, 6.45) is 1.95. The molecule has 1 aliphatic heterocycles. The van der Waals surface area contributed by atoms with Crippen molar-refractivity contribution >= 4 is 38.0 Å². The molecule has 1 aliphatic rings. The molecular weight excluding hydrogens is 254 g/mol. The van der Waals surface area contributed by atoms with Crippen LogP contribution in [0.4, 0.5) is 5.13 Å². The van der Waals surface area contributed by atoms with Crippen molar-refractivity contribution in [1.29, 1.82) is 0 Å². The molecule has 0 bridgehead atoms. The summed E-state index contributed by atoms with van der Waals surface area (Å²) in [5.41, 5.74) is 6.70. The summed E-state index contributed by atoms with van der Waals surface area (Å²) < 4.78 is 0.891. The lowest BCUT2D eigenvalue weighted by Crippen LogP contribution is -2.39. The summed E-state index contributed by atoms with van der Waals surface area (Å²) >= 11 is 2.71. The Balaban J connectivity index is 1.97. The highest BCUT2D eigenvalue weighted by Crippen LogP contribution is 2.24. The Bertz CT molecular complexity index is 584. The number of fused-ring (bicyclic) bond motifs is 1. The van der Waals surface area contributed by atoms with Crippen LogP contribution in [-0.2, 0) is 0 Å². The Morgan fingerprint density at radius 1 is 1.41 bits per heavy atom. The van der Waals surface area contributed by atoms with Crippen molar-refractivity contribution < 1.29 is 0 Å². The zero-order chi connectivity index (χ0) is 11.8. The van der Waals surface area contributed by atoms with E-state index in [2.05, 4.69) is 9.88 Å². The van der Waals surface area contributed by atoms with Crippen LogP contribution in [0.25, 0.3) is 10.2 Å². The quantitative estimate of drug-likeness (QED) is 0.853. The zero-order valence-electron chi connectivity index (χ0n) is 9.26. The van der Waals surface area contributed by atoms with Crippen molar-refractivity contribution in [2.24, 2.45) is 5.73 Å². The van der Waals surface area contributed by atoms with Gasteiger partial charge in [0.1, 0.15) is 4.70 Å². The fraction of sp³-hybridized carbons (Fsp3) is 0.455. The fourth-order valence-corrected chi connectivity index (χ4v) is 3.78. The normalized spacial score (nSPS) is 17.8. The van der Waals surface area contributed by atoms with Crippen molar-refractivity contribution in [2.75, 3.05) is 18.0 Å². The standard InChI is InChI=1S/C11H13N3OS2/c12-7-1-4-14(5-2-7)11-13-8-3-6-16-9(8)10(15)17-11/h3,6-7H,1-2,4-5,12H2. The van der Waals surface area contributed by atoms with E-state index in [0.29, 0.717) is 6.04 Å². The molecule has 4 nitrogen and oxygen atoms in total. The average Bonchev–Trinajstić information content (AvgIpc) is 2.78. The zero-order valence-corrected chi connectivity index (χ0v) is 10.9. The van der Waals surface area contributed by atoms with E-state index in [1.807, 2.05) is 11.4 Å². The largest absolute Gasteiger partial charge is 0.348 e. The third kappa shape index (κ3) is 2.08. The van der Waals surface area contributed by atoms with Gasteiger partial charge in [-0.15, -0.1) is 11.3 Å². The average molecular weight is 267 g/mol. The molecule has 0 atom stereocenters. The highest BCUT2D eigenvalue weighted by atomic mass is 32.1. The highest BCUT2D eigenvalue weighted by molar-refractivity contribution is 7.21. The van der Waals surface area contributed by atoms with Gasteiger partial charge < -0.3 is 10.6 Å². The van der Waals surface area contributed by atoms with Crippen LogP contribution in [0, 0.1) is 0 Å². The van der Waals surface area contributed by atoms with Gasteiger partial charge in [0.15, 0.2) is 5.13 Å². The summed E-state index contributed by atoms with van der Waals surface area (Å²) in [5.74, 6) is 0. The Labute approximate surface area is 107 Å². The number of anilines is 1. The maximum absolute atomic E-state index is 11.9. The molecule has 17 heavy (non-hydrogen) atoms. The summed E-state index contributed by atoms with van der Waals surface area (Å²) in [4.78, 5) is 18.6. The van der Waals surface area contributed by atoms with Crippen molar-refractivity contribution in [2.45, 2.75) is 18.9 Å². The topological polar surface area (TPSA) is 59.2 Å². The van der Waals surface area contributed by atoms with Crippen LogP contribution in [0.2, 0.25) is 0 Å². The molecule has 3 heterocycles. The van der Waals surface area contributed by atoms with Crippen LogP contribution in [0.5, 0.6) is 0 Å². The number of nitrogens with zero attached hydrogens (tertiary/aromatic N) is 2. The second-order valence-electron chi connectivity index (χ2n) is 4.24. The first-order valence-corrected chi connectivity index (χ1v) is 7.32. The van der Waals surface area contributed by atoms with Crippen molar-refractivity contribution in [3.63, 3.8) is 0 Å². The van der Waals surface area contributed by atoms with E-state index >= 15 is 0 Å². The predicted molar refractivity (Wildman–Crippen MR) is 73.2 cm³/mol. The molecule has 2 aromatic heterocycles. The summed E-state index contributed by atoms with van der Waals surface area (Å²) in [7, 11) is 0. The Hall–Kier alpha value is -0.980. The predicted octanol–water partition coefficient (Wildman–Crippen LogP) is 1.65. The van der Waals surface area contributed by atoms with Crippen LogP contribution in [-0.4, -0.2) is 24.1 Å². The molecule has 2 aromatic rings. The van der Waals surface area contributed by atoms with Gasteiger partial charge in [0.25, 0.3) is 4.74 Å². The minimum Gasteiger partial charge on any atom is -0.348 e. The number of thiophene rings is 1. The van der Waals surface area contributed by atoms with E-state index in [1.165, 1.54) is 22.7 Å². The number of nitrogens with two attached hydrogens (primary N) is 1. The molecule has 1 fully saturated rings. The fourth-order valence-electron chi connectivity index (χ4n) is 2.02. The minimum absolute atomic E-state index is 0.120. The van der Waals surface area contributed by atoms with Gasteiger partial charge in [-0.2, -0.15) is 0 Å². The molecule has 0 aromatic carbocycles. The van der Waals surface area contributed by atoms with E-state index in [1.54, 1.807) is 0 Å². The first-order valence-electron chi connectivity index (χ1n) is 5.63. The second-order valence-corrected chi connectivity index (χ2v) is 6.10. The number of piperidine rings is 1. The maximum Gasteiger partial charge on any atom is 0.255 e. The van der Waals surface area contributed by atoms with Crippen LogP contribution in [0.15, 0.2) is 16.2 Å². The van der Waals surface area contributed by atoms with E-state index in [0.717, 1.165) is 41.3 Å². The number of aromatic nitrogens is 1. The monoisotopic (exact) mass is 267 g/mol. The number of rotatable bonds is 1. The van der Waals surface area contributed by atoms with Crippen LogP contribution in [0.1, 0.15) is 12.8 Å². The SMILES string of the molecule is NC1CCN(c2nc3ccsc3c(=O)s2)CC1. The van der Waals surface area contributed by atoms with E-state index < -0.39 is 0 Å². The molecule has 2 N–H and O–H groups in total. The lowest BCUT2D eigenvalue weighted by Gasteiger charge is -2.30. The van der Waals surface area contributed by atoms with Gasteiger partial charge in [-0.25, -0.2) is 4.98 Å². The third-order valence-corrected chi connectivity index (χ3v) is 4.99. The number of hydrogen-bond acceptors (Lipinski definition) is 6. The molecule has 0 saturated carbocycles. The van der Waals surface area contributed by atoms with Crippen LogP contribution < -0.4 is 15.4 Å². The van der Waals surface area contributed by atoms with Gasteiger partial charge in [0, 0.05) is 19.1 Å². The summed E-state index contributed by atoms with van der Waals surface area (Å²) in [6, 6.07) is 2.21. The van der Waals surface area contributed by atoms with Crippen molar-refractivity contribution in [3.05, 3.63) is 21.0 Å². The highest BCUT2D eigenvalue weighted by Gasteiger charge is 2.19. The van der Waals surface area contributed by atoms with E-state index in [4.69, 9.17) is 5.73 Å². The summed E-state index contributed by atoms with van der Waals surface area (Å²) in [6.45, 7) is 1.81. The molecule has 0 spiro atoms. The number of hydrogen-bond donors (Lipinski definition) is 1. The van der Waals surface area contributed by atoms with Crippen LogP contribution >= 0.6 is 22.7 Å². The molecule has 0 unspecified atom stereocenters. The maximum atomic E-state index is 11.9. The Morgan fingerprint density at radius 3 is 2.94 bits per heavy atom. The molecule has 0 amide bonds. The van der Waals surface area contributed by atoms with Gasteiger partial charge in [-0.05, 0) is 24.3 Å². The van der Waals surface area contributed by atoms with Gasteiger partial charge in [0.2, 0.25) is 0 Å². The molecule has 0 radical (unpaired) electrons. The lowest BCUT2D eigenvalue weighted by atomic mass is 10.1. The van der Waals surface area contributed by atoms with Gasteiger partial charge in [-0.1, -0.05) is 11.3 Å². The van der Waals surface area contributed by atoms with Gasteiger partial charge in [0.05, 0.1) is 5.52 Å². The second kappa shape index (κ2) is 4.36. The smallest absolute Gasteiger partial charge is 0.255 e. The Morgan fingerprint density at radius 2 is 2.18 bits per heavy atom. The summed E-state index contributed by atoms with van der Waals surface area (Å²) in [5, 5.41) is 2.76. The Kier molecular flexibility index (Phi) is 2.85. The molecule has 1 saturated heterocycles. The van der Waals surface area contributed by atoms with E-state index in [9.17, 15) is 4.79 Å². The van der Waals surface area contributed by atoms with Crippen molar-refractivity contribution in [3.8, 4) is 0 Å². The van der Waals surface area contributed by atoms with E-state index in [-0.39, 0.29) is 4.74 Å².